The summed E-state index contributed by atoms with van der Waals surface area (Å²) in [5.41, 5.74) is 0.911. The Balaban J connectivity index is 1.55. The molecule has 1 aliphatic carbocycles. The molecule has 33 heavy (non-hydrogen) atoms. The Hall–Kier alpha value is -2.55. The van der Waals surface area contributed by atoms with Gasteiger partial charge < -0.3 is 19.5 Å². The van der Waals surface area contributed by atoms with Gasteiger partial charge in [0.25, 0.3) is 0 Å². The van der Waals surface area contributed by atoms with Crippen LogP contribution in [0.25, 0.3) is 0 Å². The van der Waals surface area contributed by atoms with Gasteiger partial charge in [-0.25, -0.2) is 0 Å². The first-order valence-corrected chi connectivity index (χ1v) is 12.6. The van der Waals surface area contributed by atoms with E-state index in [9.17, 15) is 9.59 Å². The Morgan fingerprint density at radius 2 is 1.91 bits per heavy atom. The number of amides is 2. The lowest BCUT2D eigenvalue weighted by Gasteiger charge is -2.31. The Morgan fingerprint density at radius 1 is 1.21 bits per heavy atom. The van der Waals surface area contributed by atoms with E-state index >= 15 is 0 Å². The lowest BCUT2D eigenvalue weighted by Crippen LogP contribution is -2.39. The van der Waals surface area contributed by atoms with E-state index in [1.54, 1.807) is 7.11 Å². The second kappa shape index (κ2) is 12.1. The predicted octanol–water partition coefficient (Wildman–Crippen LogP) is 3.61. The number of rotatable bonds is 10. The number of nitrogens with zero attached hydrogens (tertiary/aromatic N) is 4. The zero-order valence-electron chi connectivity index (χ0n) is 20.0. The normalized spacial score (nSPS) is 15.2. The minimum atomic E-state index is -0.293. The molecule has 1 fully saturated rings. The Labute approximate surface area is 200 Å². The minimum absolute atomic E-state index is 0.0863. The Kier molecular flexibility index (Phi) is 9.17. The van der Waals surface area contributed by atoms with E-state index in [1.807, 2.05) is 54.6 Å². The van der Waals surface area contributed by atoms with Crippen molar-refractivity contribution >= 4 is 23.6 Å². The molecule has 2 aromatic rings. The van der Waals surface area contributed by atoms with Gasteiger partial charge in [-0.15, -0.1) is 10.2 Å². The third kappa shape index (κ3) is 6.72. The van der Waals surface area contributed by atoms with Gasteiger partial charge in [0.2, 0.25) is 11.8 Å². The van der Waals surface area contributed by atoms with Crippen LogP contribution in [0.1, 0.15) is 63.4 Å². The molecule has 3 rings (SSSR count). The van der Waals surface area contributed by atoms with Crippen molar-refractivity contribution < 1.29 is 14.3 Å². The number of nitrogens with one attached hydrogen (secondary N) is 1. The van der Waals surface area contributed by atoms with Gasteiger partial charge in [0.1, 0.15) is 5.75 Å². The molecule has 0 aliphatic heterocycles. The molecule has 1 aliphatic rings. The standard InChI is InChI=1S/C24H35N5O3S/c1-5-29-23(17(2)25-21(30)15-18-11-13-20(32-4)14-12-18)26-27-24(29)33-16-22(31)28(3)19-9-7-6-8-10-19/h11-14,17,19H,5-10,15-16H2,1-4H3,(H,25,30)/t17-/m0/s1. The molecule has 0 spiro atoms. The number of methoxy groups -OCH3 is 1. The number of hydrogen-bond acceptors (Lipinski definition) is 6. The Bertz CT molecular complexity index is 925. The van der Waals surface area contributed by atoms with Crippen LogP contribution in [0.15, 0.2) is 29.4 Å². The summed E-state index contributed by atoms with van der Waals surface area (Å²) in [7, 11) is 3.53. The first-order chi connectivity index (χ1) is 15.9. The van der Waals surface area contributed by atoms with Gasteiger partial charge in [-0.3, -0.25) is 9.59 Å². The van der Waals surface area contributed by atoms with Crippen LogP contribution in [0.5, 0.6) is 5.75 Å². The van der Waals surface area contributed by atoms with E-state index in [1.165, 1.54) is 31.0 Å². The highest BCUT2D eigenvalue weighted by Crippen LogP contribution is 2.24. The highest BCUT2D eigenvalue weighted by Gasteiger charge is 2.24. The summed E-state index contributed by atoms with van der Waals surface area (Å²) in [4.78, 5) is 27.1. The molecule has 180 valence electrons. The lowest BCUT2D eigenvalue weighted by atomic mass is 9.94. The van der Waals surface area contributed by atoms with Crippen molar-refractivity contribution in [3.05, 3.63) is 35.7 Å². The van der Waals surface area contributed by atoms with Crippen LogP contribution in [0.3, 0.4) is 0 Å². The summed E-state index contributed by atoms with van der Waals surface area (Å²) in [6.07, 6.45) is 6.13. The van der Waals surface area contributed by atoms with Crippen LogP contribution in [0, 0.1) is 0 Å². The number of hydrogen-bond donors (Lipinski definition) is 1. The van der Waals surface area contributed by atoms with E-state index < -0.39 is 0 Å². The van der Waals surface area contributed by atoms with E-state index in [2.05, 4.69) is 15.5 Å². The molecule has 2 amide bonds. The van der Waals surface area contributed by atoms with Crippen molar-refractivity contribution in [1.29, 1.82) is 0 Å². The first kappa shape index (κ1) is 25.1. The van der Waals surface area contributed by atoms with Crippen molar-refractivity contribution in [3.63, 3.8) is 0 Å². The van der Waals surface area contributed by atoms with Crippen LogP contribution < -0.4 is 10.1 Å². The van der Waals surface area contributed by atoms with Gasteiger partial charge in [0.05, 0.1) is 25.3 Å². The van der Waals surface area contributed by atoms with E-state index in [4.69, 9.17) is 4.74 Å². The van der Waals surface area contributed by atoms with Crippen molar-refractivity contribution in [2.75, 3.05) is 19.9 Å². The van der Waals surface area contributed by atoms with Crippen LogP contribution in [0.4, 0.5) is 0 Å². The summed E-state index contributed by atoms with van der Waals surface area (Å²) in [5, 5.41) is 12.3. The smallest absolute Gasteiger partial charge is 0.233 e. The van der Waals surface area contributed by atoms with E-state index in [0.717, 1.165) is 24.2 Å². The number of aromatic nitrogens is 3. The number of ether oxygens (including phenoxy) is 1. The van der Waals surface area contributed by atoms with Crippen LogP contribution in [0.2, 0.25) is 0 Å². The van der Waals surface area contributed by atoms with Crippen molar-refractivity contribution in [2.24, 2.45) is 0 Å². The third-order valence-electron chi connectivity index (χ3n) is 6.19. The van der Waals surface area contributed by atoms with E-state index in [-0.39, 0.29) is 24.3 Å². The summed E-state index contributed by atoms with van der Waals surface area (Å²) < 4.78 is 7.13. The molecular weight excluding hydrogens is 438 g/mol. The molecule has 8 nitrogen and oxygen atoms in total. The van der Waals surface area contributed by atoms with Crippen molar-refractivity contribution in [2.45, 2.75) is 76.2 Å². The average Bonchev–Trinajstić information content (AvgIpc) is 3.26. The number of carbonyl (C=O) groups is 2. The fourth-order valence-electron chi connectivity index (χ4n) is 4.21. The topological polar surface area (TPSA) is 89.4 Å². The third-order valence-corrected chi connectivity index (χ3v) is 7.14. The number of benzene rings is 1. The molecule has 9 heteroatoms. The van der Waals surface area contributed by atoms with Crippen LogP contribution >= 0.6 is 11.8 Å². The number of thioether (sulfide) groups is 1. The molecular formula is C24H35N5O3S. The maximum absolute atomic E-state index is 12.7. The molecule has 1 aromatic heterocycles. The molecule has 0 saturated heterocycles. The van der Waals surface area contributed by atoms with Gasteiger partial charge in [0.15, 0.2) is 11.0 Å². The average molecular weight is 474 g/mol. The highest BCUT2D eigenvalue weighted by molar-refractivity contribution is 7.99. The fraction of sp³-hybridized carbons (Fsp3) is 0.583. The molecule has 1 atom stereocenters. The first-order valence-electron chi connectivity index (χ1n) is 11.7. The molecule has 1 heterocycles. The zero-order chi connectivity index (χ0) is 23.8. The summed E-state index contributed by atoms with van der Waals surface area (Å²) >= 11 is 1.41. The highest BCUT2D eigenvalue weighted by atomic mass is 32.2. The van der Waals surface area contributed by atoms with Crippen LogP contribution in [-0.4, -0.2) is 57.4 Å². The van der Waals surface area contributed by atoms with Crippen LogP contribution in [-0.2, 0) is 22.6 Å². The molecule has 1 aromatic carbocycles. The number of carbonyl (C=O) groups excluding carboxylic acids is 2. The van der Waals surface area contributed by atoms with Gasteiger partial charge in [-0.05, 0) is 44.4 Å². The summed E-state index contributed by atoms with van der Waals surface area (Å²) in [6.45, 7) is 4.58. The molecule has 1 N–H and O–H groups in total. The maximum atomic E-state index is 12.7. The SMILES string of the molecule is CCn1c(SCC(=O)N(C)C2CCCCC2)nnc1[C@H](C)NC(=O)Cc1ccc(OC)cc1. The monoisotopic (exact) mass is 473 g/mol. The largest absolute Gasteiger partial charge is 0.497 e. The predicted molar refractivity (Wildman–Crippen MR) is 129 cm³/mol. The maximum Gasteiger partial charge on any atom is 0.233 e. The fourth-order valence-corrected chi connectivity index (χ4v) is 5.14. The molecule has 0 unspecified atom stereocenters. The van der Waals surface area contributed by atoms with Gasteiger partial charge >= 0.3 is 0 Å². The second-order valence-electron chi connectivity index (χ2n) is 8.48. The van der Waals surface area contributed by atoms with E-state index in [0.29, 0.717) is 29.3 Å². The van der Waals surface area contributed by atoms with Gasteiger partial charge in [-0.1, -0.05) is 43.2 Å². The van der Waals surface area contributed by atoms with Gasteiger partial charge in [-0.2, -0.15) is 0 Å². The summed E-state index contributed by atoms with van der Waals surface area (Å²) in [6, 6.07) is 7.51. The van der Waals surface area contributed by atoms with Gasteiger partial charge in [0, 0.05) is 19.6 Å². The summed E-state index contributed by atoms with van der Waals surface area (Å²) in [5.74, 6) is 1.83. The molecule has 0 bridgehead atoms. The quantitative estimate of drug-likeness (QED) is 0.530. The zero-order valence-corrected chi connectivity index (χ0v) is 20.9. The molecule has 1 saturated carbocycles. The molecule has 0 radical (unpaired) electrons. The minimum Gasteiger partial charge on any atom is -0.497 e. The van der Waals surface area contributed by atoms with Crippen molar-refractivity contribution in [3.8, 4) is 5.75 Å². The van der Waals surface area contributed by atoms with Crippen molar-refractivity contribution in [1.82, 2.24) is 25.0 Å². The Morgan fingerprint density at radius 3 is 2.55 bits per heavy atom. The second-order valence-corrected chi connectivity index (χ2v) is 9.43. The lowest BCUT2D eigenvalue weighted by molar-refractivity contribution is -0.129.